The Hall–Kier alpha value is -1.13. The first-order valence-corrected chi connectivity index (χ1v) is 7.51. The minimum atomic E-state index is -0.781. The maximum Gasteiger partial charge on any atom is 0.254 e. The van der Waals surface area contributed by atoms with Gasteiger partial charge in [-0.2, -0.15) is 0 Å². The highest BCUT2D eigenvalue weighted by Crippen LogP contribution is 2.26. The van der Waals surface area contributed by atoms with Crippen LogP contribution in [0.1, 0.15) is 54.6 Å². The van der Waals surface area contributed by atoms with E-state index in [1.165, 1.54) is 6.20 Å². The smallest absolute Gasteiger partial charge is 0.254 e. The average molecular weight is 297 g/mol. The Labute approximate surface area is 124 Å². The van der Waals surface area contributed by atoms with Gasteiger partial charge in [0, 0.05) is 18.4 Å². The summed E-state index contributed by atoms with van der Waals surface area (Å²) in [6.45, 7) is 2.10. The number of aryl methyl sites for hydroxylation is 1. The summed E-state index contributed by atoms with van der Waals surface area (Å²) in [6, 6.07) is 1.66. The van der Waals surface area contributed by atoms with Crippen LogP contribution in [-0.2, 0) is 0 Å². The quantitative estimate of drug-likeness (QED) is 0.843. The van der Waals surface area contributed by atoms with Gasteiger partial charge in [-0.3, -0.25) is 9.78 Å². The number of aromatic nitrogens is 1. The van der Waals surface area contributed by atoms with Crippen molar-refractivity contribution >= 4 is 17.5 Å². The van der Waals surface area contributed by atoms with Gasteiger partial charge >= 0.3 is 0 Å². The summed E-state index contributed by atoms with van der Waals surface area (Å²) in [5.41, 5.74) is 0.347. The number of amides is 1. The third kappa shape index (κ3) is 3.93. The molecule has 0 radical (unpaired) electrons. The Morgan fingerprint density at radius 2 is 2.05 bits per heavy atom. The Bertz CT molecular complexity index is 483. The minimum absolute atomic E-state index is 0.274. The zero-order valence-corrected chi connectivity index (χ0v) is 12.5. The molecule has 4 nitrogen and oxygen atoms in total. The van der Waals surface area contributed by atoms with E-state index in [2.05, 4.69) is 10.3 Å². The zero-order chi connectivity index (χ0) is 14.6. The average Bonchev–Trinajstić information content (AvgIpc) is 2.61. The summed E-state index contributed by atoms with van der Waals surface area (Å²) in [5, 5.41) is 13.7. The molecule has 1 amide bonds. The van der Waals surface area contributed by atoms with E-state index in [4.69, 9.17) is 11.6 Å². The molecule has 110 valence electrons. The van der Waals surface area contributed by atoms with Crippen molar-refractivity contribution in [2.75, 3.05) is 6.54 Å². The predicted octanol–water partition coefficient (Wildman–Crippen LogP) is 2.86. The Kier molecular flexibility index (Phi) is 5.00. The molecule has 1 aliphatic rings. The van der Waals surface area contributed by atoms with Gasteiger partial charge in [0.05, 0.1) is 16.2 Å². The Morgan fingerprint density at radius 1 is 1.40 bits per heavy atom. The maximum atomic E-state index is 12.1. The second kappa shape index (κ2) is 6.55. The Balaban J connectivity index is 1.97. The van der Waals surface area contributed by atoms with Crippen LogP contribution in [0.2, 0.25) is 5.02 Å². The van der Waals surface area contributed by atoms with E-state index >= 15 is 0 Å². The van der Waals surface area contributed by atoms with Gasteiger partial charge in [0.2, 0.25) is 0 Å². The molecule has 1 aromatic heterocycles. The standard InChI is InChI=1S/C15H21ClN2O2/c1-11-8-13(16)12(9-17-11)14(19)18-10-15(20)6-4-2-3-5-7-15/h8-9,20H,2-7,10H2,1H3,(H,18,19). The minimum Gasteiger partial charge on any atom is -0.388 e. The van der Waals surface area contributed by atoms with Crippen LogP contribution in [0.3, 0.4) is 0 Å². The molecule has 0 atom stereocenters. The lowest BCUT2D eigenvalue weighted by Crippen LogP contribution is -2.42. The van der Waals surface area contributed by atoms with Crippen LogP contribution in [0.5, 0.6) is 0 Å². The molecular formula is C15H21ClN2O2. The first-order valence-electron chi connectivity index (χ1n) is 7.13. The summed E-state index contributed by atoms with van der Waals surface area (Å²) in [5.74, 6) is -0.278. The molecule has 0 bridgehead atoms. The fraction of sp³-hybridized carbons (Fsp3) is 0.600. The molecule has 2 N–H and O–H groups in total. The van der Waals surface area contributed by atoms with E-state index in [0.29, 0.717) is 10.6 Å². The van der Waals surface area contributed by atoms with Crippen molar-refractivity contribution in [1.29, 1.82) is 0 Å². The summed E-state index contributed by atoms with van der Waals surface area (Å²) >= 11 is 6.04. The van der Waals surface area contributed by atoms with Gasteiger partial charge in [0.15, 0.2) is 0 Å². The van der Waals surface area contributed by atoms with Gasteiger partial charge in [0.25, 0.3) is 5.91 Å². The van der Waals surface area contributed by atoms with E-state index in [1.54, 1.807) is 6.07 Å². The van der Waals surface area contributed by atoms with Crippen molar-refractivity contribution in [3.8, 4) is 0 Å². The molecule has 0 aliphatic heterocycles. The van der Waals surface area contributed by atoms with Crippen molar-refractivity contribution < 1.29 is 9.90 Å². The van der Waals surface area contributed by atoms with E-state index in [0.717, 1.165) is 44.2 Å². The summed E-state index contributed by atoms with van der Waals surface area (Å²) in [6.07, 6.45) is 7.30. The number of nitrogens with one attached hydrogen (secondary N) is 1. The molecule has 0 aromatic carbocycles. The molecule has 0 unspecified atom stereocenters. The van der Waals surface area contributed by atoms with Gasteiger partial charge in [-0.1, -0.05) is 37.3 Å². The molecule has 0 saturated heterocycles. The lowest BCUT2D eigenvalue weighted by molar-refractivity contribution is 0.0246. The number of carbonyl (C=O) groups is 1. The molecule has 0 spiro atoms. The van der Waals surface area contributed by atoms with E-state index in [1.807, 2.05) is 6.92 Å². The van der Waals surface area contributed by atoms with E-state index in [-0.39, 0.29) is 12.5 Å². The first kappa shape index (κ1) is 15.3. The van der Waals surface area contributed by atoms with Crippen LogP contribution >= 0.6 is 11.6 Å². The fourth-order valence-corrected chi connectivity index (χ4v) is 2.89. The van der Waals surface area contributed by atoms with E-state index in [9.17, 15) is 9.90 Å². The van der Waals surface area contributed by atoms with Gasteiger partial charge in [-0.15, -0.1) is 0 Å². The molecule has 2 rings (SSSR count). The lowest BCUT2D eigenvalue weighted by Gasteiger charge is -2.26. The normalized spacial score (nSPS) is 18.4. The predicted molar refractivity (Wildman–Crippen MR) is 79.0 cm³/mol. The van der Waals surface area contributed by atoms with Crippen LogP contribution in [0, 0.1) is 6.92 Å². The monoisotopic (exact) mass is 296 g/mol. The summed E-state index contributed by atoms with van der Waals surface area (Å²) < 4.78 is 0. The first-order chi connectivity index (χ1) is 9.50. The number of halogens is 1. The van der Waals surface area contributed by atoms with Gasteiger partial charge in [-0.05, 0) is 25.8 Å². The molecule has 1 heterocycles. The van der Waals surface area contributed by atoms with Gasteiger partial charge in [0.1, 0.15) is 0 Å². The van der Waals surface area contributed by atoms with Crippen molar-refractivity contribution in [1.82, 2.24) is 10.3 Å². The lowest BCUT2D eigenvalue weighted by atomic mass is 9.94. The van der Waals surface area contributed by atoms with Crippen molar-refractivity contribution in [3.05, 3.63) is 28.5 Å². The molecule has 1 saturated carbocycles. The number of hydrogen-bond acceptors (Lipinski definition) is 3. The van der Waals surface area contributed by atoms with Crippen LogP contribution in [-0.4, -0.2) is 28.1 Å². The largest absolute Gasteiger partial charge is 0.388 e. The summed E-state index contributed by atoms with van der Waals surface area (Å²) in [7, 11) is 0. The number of nitrogens with zero attached hydrogens (tertiary/aromatic N) is 1. The molecule has 1 aromatic rings. The van der Waals surface area contributed by atoms with Crippen LogP contribution in [0.4, 0.5) is 0 Å². The molecule has 5 heteroatoms. The third-order valence-corrected chi connectivity index (χ3v) is 4.16. The molecule has 1 fully saturated rings. The third-order valence-electron chi connectivity index (χ3n) is 3.85. The molecule has 20 heavy (non-hydrogen) atoms. The van der Waals surface area contributed by atoms with Crippen molar-refractivity contribution in [2.45, 2.75) is 51.0 Å². The number of pyridine rings is 1. The Morgan fingerprint density at radius 3 is 2.65 bits per heavy atom. The zero-order valence-electron chi connectivity index (χ0n) is 11.8. The van der Waals surface area contributed by atoms with Crippen LogP contribution in [0.15, 0.2) is 12.3 Å². The number of aliphatic hydroxyl groups is 1. The van der Waals surface area contributed by atoms with Crippen LogP contribution < -0.4 is 5.32 Å². The SMILES string of the molecule is Cc1cc(Cl)c(C(=O)NCC2(O)CCCCCC2)cn1. The second-order valence-electron chi connectivity index (χ2n) is 5.63. The van der Waals surface area contributed by atoms with Gasteiger partial charge in [-0.25, -0.2) is 0 Å². The second-order valence-corrected chi connectivity index (χ2v) is 6.03. The number of rotatable bonds is 3. The fourth-order valence-electron chi connectivity index (χ4n) is 2.60. The summed E-state index contributed by atoms with van der Waals surface area (Å²) in [4.78, 5) is 16.2. The highest BCUT2D eigenvalue weighted by Gasteiger charge is 2.28. The van der Waals surface area contributed by atoms with E-state index < -0.39 is 5.60 Å². The molecular weight excluding hydrogens is 276 g/mol. The highest BCUT2D eigenvalue weighted by molar-refractivity contribution is 6.33. The van der Waals surface area contributed by atoms with Gasteiger partial charge < -0.3 is 10.4 Å². The van der Waals surface area contributed by atoms with Crippen LogP contribution in [0.25, 0.3) is 0 Å². The molecule has 1 aliphatic carbocycles. The van der Waals surface area contributed by atoms with Crippen molar-refractivity contribution in [2.24, 2.45) is 0 Å². The topological polar surface area (TPSA) is 62.2 Å². The number of carbonyl (C=O) groups excluding carboxylic acids is 1. The number of hydrogen-bond donors (Lipinski definition) is 2. The highest BCUT2D eigenvalue weighted by atomic mass is 35.5. The maximum absolute atomic E-state index is 12.1. The van der Waals surface area contributed by atoms with Crippen molar-refractivity contribution in [3.63, 3.8) is 0 Å².